The molecule has 2 nitrogen and oxygen atoms in total. The van der Waals surface area contributed by atoms with Crippen molar-refractivity contribution in [1.29, 1.82) is 0 Å². The van der Waals surface area contributed by atoms with Crippen molar-refractivity contribution < 1.29 is 4.74 Å². The molecule has 0 amide bonds. The molecule has 3 rings (SSSR count). The smallest absolute Gasteiger partial charge is 0.119 e. The van der Waals surface area contributed by atoms with Crippen LogP contribution in [0.25, 0.3) is 0 Å². The molecule has 2 aromatic rings. The van der Waals surface area contributed by atoms with Crippen LogP contribution in [0, 0.1) is 0 Å². The predicted molar refractivity (Wildman–Crippen MR) is 87.2 cm³/mol. The fourth-order valence-corrected chi connectivity index (χ4v) is 2.76. The molecule has 0 aliphatic carbocycles. The Bertz CT molecular complexity index is 559. The van der Waals surface area contributed by atoms with Crippen molar-refractivity contribution in [3.63, 3.8) is 0 Å². The molecule has 0 spiro atoms. The average molecular weight is 302 g/mol. The summed E-state index contributed by atoms with van der Waals surface area (Å²) in [6, 6.07) is 16.9. The summed E-state index contributed by atoms with van der Waals surface area (Å²) in [6.07, 6.45) is 3.39. The van der Waals surface area contributed by atoms with Crippen LogP contribution in [0.2, 0.25) is 5.02 Å². The molecule has 1 aliphatic heterocycles. The minimum Gasteiger partial charge on any atom is -0.492 e. The van der Waals surface area contributed by atoms with E-state index in [2.05, 4.69) is 41.7 Å². The summed E-state index contributed by atoms with van der Waals surface area (Å²) in [5.41, 5.74) is 2.55. The van der Waals surface area contributed by atoms with Gasteiger partial charge in [-0.15, -0.1) is 0 Å². The Balaban J connectivity index is 1.54. The van der Waals surface area contributed by atoms with Crippen LogP contribution in [0.4, 0.5) is 0 Å². The van der Waals surface area contributed by atoms with Gasteiger partial charge >= 0.3 is 0 Å². The molecule has 1 fully saturated rings. The van der Waals surface area contributed by atoms with E-state index in [1.165, 1.54) is 24.0 Å². The van der Waals surface area contributed by atoms with Crippen molar-refractivity contribution in [2.75, 3.05) is 13.2 Å². The van der Waals surface area contributed by atoms with Crippen molar-refractivity contribution in [3.8, 4) is 5.75 Å². The summed E-state index contributed by atoms with van der Waals surface area (Å²) in [7, 11) is 0. The van der Waals surface area contributed by atoms with Crippen molar-refractivity contribution in [2.24, 2.45) is 0 Å². The summed E-state index contributed by atoms with van der Waals surface area (Å²) in [5, 5.41) is 4.22. The van der Waals surface area contributed by atoms with Crippen LogP contribution >= 0.6 is 11.6 Å². The summed E-state index contributed by atoms with van der Waals surface area (Å²) >= 11 is 5.90. The molecule has 2 aromatic carbocycles. The molecule has 3 heteroatoms. The zero-order valence-electron chi connectivity index (χ0n) is 12.0. The van der Waals surface area contributed by atoms with Crippen LogP contribution in [-0.2, 0) is 6.42 Å². The molecule has 0 radical (unpaired) electrons. The van der Waals surface area contributed by atoms with E-state index in [1.807, 2.05) is 12.1 Å². The normalized spacial score (nSPS) is 17.9. The first kappa shape index (κ1) is 14.4. The Morgan fingerprint density at radius 1 is 1.00 bits per heavy atom. The van der Waals surface area contributed by atoms with Gasteiger partial charge in [0, 0.05) is 11.1 Å². The maximum absolute atomic E-state index is 5.90. The molecule has 1 N–H and O–H groups in total. The van der Waals surface area contributed by atoms with Gasteiger partial charge < -0.3 is 10.1 Å². The fourth-order valence-electron chi connectivity index (χ4n) is 2.64. The minimum absolute atomic E-state index is 0.513. The van der Waals surface area contributed by atoms with E-state index in [0.29, 0.717) is 6.04 Å². The number of benzene rings is 2. The summed E-state index contributed by atoms with van der Waals surface area (Å²) in [6.45, 7) is 1.88. The van der Waals surface area contributed by atoms with Crippen molar-refractivity contribution >= 4 is 11.6 Å². The molecule has 1 saturated heterocycles. The first-order valence-corrected chi connectivity index (χ1v) is 7.87. The summed E-state index contributed by atoms with van der Waals surface area (Å²) in [4.78, 5) is 0. The van der Waals surface area contributed by atoms with Crippen LogP contribution in [0.15, 0.2) is 48.5 Å². The molecule has 21 heavy (non-hydrogen) atoms. The second kappa shape index (κ2) is 6.97. The molecule has 1 unspecified atom stereocenters. The highest BCUT2D eigenvalue weighted by Crippen LogP contribution is 2.17. The second-order valence-electron chi connectivity index (χ2n) is 5.55. The summed E-state index contributed by atoms with van der Waals surface area (Å²) < 4.78 is 5.83. The molecular weight excluding hydrogens is 282 g/mol. The number of hydrogen-bond donors (Lipinski definition) is 1. The molecule has 1 aliphatic rings. The van der Waals surface area contributed by atoms with Gasteiger partial charge in [0.15, 0.2) is 0 Å². The lowest BCUT2D eigenvalue weighted by Crippen LogP contribution is -2.28. The van der Waals surface area contributed by atoms with Gasteiger partial charge in [0.2, 0.25) is 0 Å². The maximum Gasteiger partial charge on any atom is 0.119 e. The van der Waals surface area contributed by atoms with Gasteiger partial charge in [-0.25, -0.2) is 0 Å². The van der Waals surface area contributed by atoms with Crippen LogP contribution in [0.3, 0.4) is 0 Å². The predicted octanol–water partition coefficient (Wildman–Crippen LogP) is 4.06. The van der Waals surface area contributed by atoms with Gasteiger partial charge in [-0.2, -0.15) is 0 Å². The molecule has 1 heterocycles. The van der Waals surface area contributed by atoms with Gasteiger partial charge in [0.05, 0.1) is 0 Å². The van der Waals surface area contributed by atoms with E-state index in [0.717, 1.165) is 30.3 Å². The standard InChI is InChI=1S/C18H20ClNO/c19-16-7-3-14(4-8-16)12-15-5-9-18(10-6-15)21-13-17-2-1-11-20-17/h3-10,17,20H,1-2,11-13H2. The quantitative estimate of drug-likeness (QED) is 0.899. The molecule has 1 atom stereocenters. The number of hydrogen-bond acceptors (Lipinski definition) is 2. The third-order valence-corrected chi connectivity index (χ3v) is 4.11. The van der Waals surface area contributed by atoms with E-state index in [4.69, 9.17) is 16.3 Å². The molecule has 0 bridgehead atoms. The Kier molecular flexibility index (Phi) is 4.79. The Morgan fingerprint density at radius 2 is 1.67 bits per heavy atom. The third kappa shape index (κ3) is 4.23. The Morgan fingerprint density at radius 3 is 2.29 bits per heavy atom. The van der Waals surface area contributed by atoms with Crippen LogP contribution in [0.5, 0.6) is 5.75 Å². The number of halogens is 1. The lowest BCUT2D eigenvalue weighted by atomic mass is 10.1. The highest BCUT2D eigenvalue weighted by Gasteiger charge is 2.14. The highest BCUT2D eigenvalue weighted by atomic mass is 35.5. The van der Waals surface area contributed by atoms with Crippen LogP contribution in [0.1, 0.15) is 24.0 Å². The van der Waals surface area contributed by atoms with Crippen LogP contribution < -0.4 is 10.1 Å². The van der Waals surface area contributed by atoms with E-state index in [1.54, 1.807) is 0 Å². The first-order valence-electron chi connectivity index (χ1n) is 7.49. The van der Waals surface area contributed by atoms with Gasteiger partial charge in [-0.3, -0.25) is 0 Å². The molecule has 0 saturated carbocycles. The molecule has 110 valence electrons. The second-order valence-corrected chi connectivity index (χ2v) is 5.99. The van der Waals surface area contributed by atoms with Gasteiger partial charge in [0.25, 0.3) is 0 Å². The van der Waals surface area contributed by atoms with E-state index in [9.17, 15) is 0 Å². The lowest BCUT2D eigenvalue weighted by Gasteiger charge is -2.12. The van der Waals surface area contributed by atoms with Crippen molar-refractivity contribution in [2.45, 2.75) is 25.3 Å². The lowest BCUT2D eigenvalue weighted by molar-refractivity contribution is 0.277. The Hall–Kier alpha value is -1.51. The van der Waals surface area contributed by atoms with E-state index >= 15 is 0 Å². The minimum atomic E-state index is 0.513. The van der Waals surface area contributed by atoms with Gasteiger partial charge in [-0.05, 0) is 61.2 Å². The topological polar surface area (TPSA) is 21.3 Å². The highest BCUT2D eigenvalue weighted by molar-refractivity contribution is 6.30. The molecule has 0 aromatic heterocycles. The van der Waals surface area contributed by atoms with E-state index < -0.39 is 0 Å². The summed E-state index contributed by atoms with van der Waals surface area (Å²) in [5.74, 6) is 0.948. The number of nitrogens with one attached hydrogen (secondary N) is 1. The van der Waals surface area contributed by atoms with Gasteiger partial charge in [0.1, 0.15) is 12.4 Å². The zero-order chi connectivity index (χ0) is 14.5. The van der Waals surface area contributed by atoms with Crippen molar-refractivity contribution in [3.05, 3.63) is 64.7 Å². The average Bonchev–Trinajstić information content (AvgIpc) is 3.02. The number of rotatable bonds is 5. The van der Waals surface area contributed by atoms with Crippen molar-refractivity contribution in [1.82, 2.24) is 5.32 Å². The third-order valence-electron chi connectivity index (χ3n) is 3.86. The van der Waals surface area contributed by atoms with Crippen LogP contribution in [-0.4, -0.2) is 19.2 Å². The largest absolute Gasteiger partial charge is 0.492 e. The maximum atomic E-state index is 5.90. The van der Waals surface area contributed by atoms with E-state index in [-0.39, 0.29) is 0 Å². The monoisotopic (exact) mass is 301 g/mol. The SMILES string of the molecule is Clc1ccc(Cc2ccc(OCC3CCCN3)cc2)cc1. The molecular formula is C18H20ClNO. The number of ether oxygens (including phenoxy) is 1. The van der Waals surface area contributed by atoms with Gasteiger partial charge in [-0.1, -0.05) is 35.9 Å². The Labute approximate surface area is 131 Å². The fraction of sp³-hybridized carbons (Fsp3) is 0.333. The first-order chi connectivity index (χ1) is 10.3. The zero-order valence-corrected chi connectivity index (χ0v) is 12.8.